The second kappa shape index (κ2) is 6.03. The van der Waals surface area contributed by atoms with Crippen LogP contribution in [0, 0.1) is 0 Å². The van der Waals surface area contributed by atoms with Crippen molar-refractivity contribution in [3.8, 4) is 0 Å². The Labute approximate surface area is 123 Å². The summed E-state index contributed by atoms with van der Waals surface area (Å²) >= 11 is 11.8. The lowest BCUT2D eigenvalue weighted by atomic mass is 10.1. The van der Waals surface area contributed by atoms with Gasteiger partial charge in [-0.3, -0.25) is 0 Å². The predicted octanol–water partition coefficient (Wildman–Crippen LogP) is 2.24. The van der Waals surface area contributed by atoms with Crippen molar-refractivity contribution in [2.24, 2.45) is 7.05 Å². The number of likely N-dealkylation sites (N-methyl/N-ethyl adjacent to an activating group) is 1. The van der Waals surface area contributed by atoms with Crippen molar-refractivity contribution in [2.45, 2.75) is 26.0 Å². The van der Waals surface area contributed by atoms with Crippen LogP contribution >= 0.6 is 23.2 Å². The van der Waals surface area contributed by atoms with E-state index in [1.165, 1.54) is 4.90 Å². The Balaban J connectivity index is 2.57. The van der Waals surface area contributed by atoms with Gasteiger partial charge >= 0.3 is 6.03 Å². The Morgan fingerprint density at radius 1 is 1.53 bits per heavy atom. The molecule has 1 heterocycles. The molecule has 1 aromatic heterocycles. The largest absolute Gasteiger partial charge is 0.389 e. The van der Waals surface area contributed by atoms with E-state index in [0.29, 0.717) is 16.7 Å². The van der Waals surface area contributed by atoms with Crippen LogP contribution < -0.4 is 5.32 Å². The number of rotatable bonds is 4. The number of hydrogen-bond acceptors (Lipinski definition) is 2. The van der Waals surface area contributed by atoms with Crippen LogP contribution in [-0.4, -0.2) is 39.8 Å². The molecule has 0 bridgehead atoms. The van der Waals surface area contributed by atoms with Gasteiger partial charge < -0.3 is 19.9 Å². The van der Waals surface area contributed by atoms with Crippen molar-refractivity contribution in [1.82, 2.24) is 14.8 Å². The van der Waals surface area contributed by atoms with E-state index in [4.69, 9.17) is 23.2 Å². The minimum Gasteiger partial charge on any atom is -0.389 e. The van der Waals surface area contributed by atoms with Crippen LogP contribution in [0.5, 0.6) is 0 Å². The van der Waals surface area contributed by atoms with Crippen molar-refractivity contribution >= 4 is 29.2 Å². The normalized spacial score (nSPS) is 11.5. The number of aliphatic hydroxyl groups is 1. The Hall–Kier alpha value is -0.910. The van der Waals surface area contributed by atoms with Gasteiger partial charge in [0.05, 0.1) is 23.7 Å². The van der Waals surface area contributed by atoms with Crippen LogP contribution in [0.25, 0.3) is 0 Å². The second-order valence-electron chi connectivity index (χ2n) is 5.16. The smallest absolute Gasteiger partial charge is 0.317 e. The van der Waals surface area contributed by atoms with Gasteiger partial charge in [-0.2, -0.15) is 0 Å². The zero-order valence-electron chi connectivity index (χ0n) is 11.5. The summed E-state index contributed by atoms with van der Waals surface area (Å²) in [6, 6.07) is 1.44. The van der Waals surface area contributed by atoms with Crippen LogP contribution in [0.4, 0.5) is 4.79 Å². The monoisotopic (exact) mass is 307 g/mol. The molecule has 0 saturated carbocycles. The van der Waals surface area contributed by atoms with Gasteiger partial charge in [-0.15, -0.1) is 0 Å². The van der Waals surface area contributed by atoms with Gasteiger partial charge in [-0.25, -0.2) is 4.79 Å². The molecule has 1 aromatic rings. The number of hydrogen-bond donors (Lipinski definition) is 2. The lowest BCUT2D eigenvalue weighted by molar-refractivity contribution is 0.0531. The fraction of sp³-hybridized carbons (Fsp3) is 0.583. The van der Waals surface area contributed by atoms with E-state index in [-0.39, 0.29) is 12.6 Å². The minimum absolute atomic E-state index is 0.244. The molecule has 0 aliphatic rings. The summed E-state index contributed by atoms with van der Waals surface area (Å²) in [4.78, 5) is 13.2. The van der Waals surface area contributed by atoms with Gasteiger partial charge in [0.15, 0.2) is 0 Å². The average molecular weight is 308 g/mol. The first kappa shape index (κ1) is 16.1. The molecule has 0 aliphatic heterocycles. The maximum atomic E-state index is 11.8. The molecule has 0 aromatic carbocycles. The summed E-state index contributed by atoms with van der Waals surface area (Å²) in [5, 5.41) is 13.3. The van der Waals surface area contributed by atoms with Crippen molar-refractivity contribution in [3.05, 3.63) is 21.9 Å². The highest BCUT2D eigenvalue weighted by Crippen LogP contribution is 2.24. The number of amides is 2. The molecule has 1 rings (SSSR count). The first-order valence-corrected chi connectivity index (χ1v) is 6.58. The average Bonchev–Trinajstić information content (AvgIpc) is 2.51. The second-order valence-corrected chi connectivity index (χ2v) is 5.93. The maximum absolute atomic E-state index is 11.8. The molecule has 19 heavy (non-hydrogen) atoms. The van der Waals surface area contributed by atoms with Gasteiger partial charge in [-0.05, 0) is 19.9 Å². The van der Waals surface area contributed by atoms with E-state index in [0.717, 1.165) is 5.69 Å². The Kier molecular flexibility index (Phi) is 5.12. The van der Waals surface area contributed by atoms with Crippen LogP contribution in [0.2, 0.25) is 10.2 Å². The Morgan fingerprint density at radius 3 is 2.53 bits per heavy atom. The molecule has 0 unspecified atom stereocenters. The van der Waals surface area contributed by atoms with Gasteiger partial charge in [0.1, 0.15) is 5.15 Å². The van der Waals surface area contributed by atoms with E-state index in [2.05, 4.69) is 5.32 Å². The van der Waals surface area contributed by atoms with E-state index < -0.39 is 5.60 Å². The SMILES string of the molecule is CN(CC(C)(C)O)C(=O)NCc1cc(Cl)c(Cl)n1C. The third-order valence-electron chi connectivity index (χ3n) is 2.61. The summed E-state index contributed by atoms with van der Waals surface area (Å²) < 4.78 is 1.71. The third-order valence-corrected chi connectivity index (χ3v) is 3.45. The van der Waals surface area contributed by atoms with Crippen LogP contribution in [0.3, 0.4) is 0 Å². The predicted molar refractivity (Wildman–Crippen MR) is 76.6 cm³/mol. The number of nitrogens with zero attached hydrogens (tertiary/aromatic N) is 2. The third kappa shape index (κ3) is 4.60. The molecule has 2 N–H and O–H groups in total. The number of nitrogens with one attached hydrogen (secondary N) is 1. The van der Waals surface area contributed by atoms with Crippen molar-refractivity contribution in [3.63, 3.8) is 0 Å². The Morgan fingerprint density at radius 2 is 2.11 bits per heavy atom. The molecule has 108 valence electrons. The van der Waals surface area contributed by atoms with Crippen molar-refractivity contribution in [2.75, 3.05) is 13.6 Å². The fourth-order valence-corrected chi connectivity index (χ4v) is 2.13. The molecule has 0 radical (unpaired) electrons. The Bertz CT molecular complexity index is 466. The molecule has 0 aliphatic carbocycles. The highest BCUT2D eigenvalue weighted by atomic mass is 35.5. The van der Waals surface area contributed by atoms with Crippen molar-refractivity contribution in [1.29, 1.82) is 0 Å². The molecule has 7 heteroatoms. The molecule has 0 saturated heterocycles. The quantitative estimate of drug-likeness (QED) is 0.896. The standard InChI is InChI=1S/C12H19Cl2N3O2/c1-12(2,19)7-16(3)11(18)15-6-8-5-9(13)10(14)17(8)4/h5,19H,6-7H2,1-4H3,(H,15,18). The van der Waals surface area contributed by atoms with Crippen LogP contribution in [-0.2, 0) is 13.6 Å². The zero-order valence-corrected chi connectivity index (χ0v) is 13.0. The number of carbonyl (C=O) groups excluding carboxylic acids is 1. The van der Waals surface area contributed by atoms with E-state index >= 15 is 0 Å². The zero-order chi connectivity index (χ0) is 14.8. The minimum atomic E-state index is -0.927. The summed E-state index contributed by atoms with van der Waals surface area (Å²) in [6.45, 7) is 3.85. The molecular formula is C12H19Cl2N3O2. The van der Waals surface area contributed by atoms with Gasteiger partial charge in [0.2, 0.25) is 0 Å². The van der Waals surface area contributed by atoms with Crippen molar-refractivity contribution < 1.29 is 9.90 Å². The van der Waals surface area contributed by atoms with Gasteiger partial charge in [0, 0.05) is 19.8 Å². The van der Waals surface area contributed by atoms with Gasteiger partial charge in [0.25, 0.3) is 0 Å². The first-order valence-electron chi connectivity index (χ1n) is 5.83. The lowest BCUT2D eigenvalue weighted by Crippen LogP contribution is -2.44. The molecule has 5 nitrogen and oxygen atoms in total. The molecule has 0 atom stereocenters. The fourth-order valence-electron chi connectivity index (χ4n) is 1.71. The van der Waals surface area contributed by atoms with E-state index in [1.807, 2.05) is 0 Å². The lowest BCUT2D eigenvalue weighted by Gasteiger charge is -2.25. The first-order chi connectivity index (χ1) is 8.61. The molecule has 2 amide bonds. The number of halogens is 2. The van der Waals surface area contributed by atoms with Crippen LogP contribution in [0.1, 0.15) is 19.5 Å². The highest BCUT2D eigenvalue weighted by molar-refractivity contribution is 6.41. The topological polar surface area (TPSA) is 57.5 Å². The summed E-state index contributed by atoms with van der Waals surface area (Å²) in [5.74, 6) is 0. The van der Waals surface area contributed by atoms with E-state index in [9.17, 15) is 9.90 Å². The number of urea groups is 1. The number of aromatic nitrogens is 1. The van der Waals surface area contributed by atoms with E-state index in [1.54, 1.807) is 38.6 Å². The van der Waals surface area contributed by atoms with Crippen LogP contribution in [0.15, 0.2) is 6.07 Å². The summed E-state index contributed by atoms with van der Waals surface area (Å²) in [6.07, 6.45) is 0. The highest BCUT2D eigenvalue weighted by Gasteiger charge is 2.19. The summed E-state index contributed by atoms with van der Waals surface area (Å²) in [5.41, 5.74) is -0.121. The molecule has 0 spiro atoms. The molecule has 0 fully saturated rings. The molecular weight excluding hydrogens is 289 g/mol. The summed E-state index contributed by atoms with van der Waals surface area (Å²) in [7, 11) is 3.40. The number of carbonyl (C=O) groups is 1. The maximum Gasteiger partial charge on any atom is 0.317 e. The van der Waals surface area contributed by atoms with Gasteiger partial charge in [-0.1, -0.05) is 23.2 Å².